The zero-order chi connectivity index (χ0) is 10.1. The van der Waals surface area contributed by atoms with Crippen molar-refractivity contribution in [1.82, 2.24) is 10.6 Å². The van der Waals surface area contributed by atoms with E-state index in [0.29, 0.717) is 6.04 Å². The summed E-state index contributed by atoms with van der Waals surface area (Å²) in [5.74, 6) is 0.807. The van der Waals surface area contributed by atoms with Gasteiger partial charge in [0, 0.05) is 6.04 Å². The average molecular weight is 186 g/mol. The molecule has 0 aliphatic heterocycles. The second kappa shape index (κ2) is 8.52. The van der Waals surface area contributed by atoms with Gasteiger partial charge in [-0.25, -0.2) is 0 Å². The molecule has 0 saturated carbocycles. The molecule has 2 unspecified atom stereocenters. The highest BCUT2D eigenvalue weighted by Gasteiger charge is 2.02. The lowest BCUT2D eigenvalue weighted by molar-refractivity contribution is 0.432. The summed E-state index contributed by atoms with van der Waals surface area (Å²) in [6.07, 6.45) is 2.50. The molecule has 0 rings (SSSR count). The average Bonchev–Trinajstić information content (AvgIpc) is 2.14. The van der Waals surface area contributed by atoms with E-state index in [1.165, 1.54) is 12.8 Å². The normalized spacial score (nSPS) is 15.7. The fourth-order valence-corrected chi connectivity index (χ4v) is 1.14. The van der Waals surface area contributed by atoms with Crippen LogP contribution in [0.2, 0.25) is 0 Å². The van der Waals surface area contributed by atoms with Gasteiger partial charge in [-0.2, -0.15) is 0 Å². The summed E-state index contributed by atoms with van der Waals surface area (Å²) in [5.41, 5.74) is 0. The van der Waals surface area contributed by atoms with Gasteiger partial charge in [0.2, 0.25) is 0 Å². The SMILES string of the molecule is CCNCCC(C)NCC(C)CC. The first-order chi connectivity index (χ1) is 6.20. The molecule has 2 atom stereocenters. The maximum absolute atomic E-state index is 3.55. The quantitative estimate of drug-likeness (QED) is 0.567. The van der Waals surface area contributed by atoms with Gasteiger partial charge >= 0.3 is 0 Å². The molecule has 0 aliphatic rings. The van der Waals surface area contributed by atoms with E-state index in [2.05, 4.69) is 38.3 Å². The van der Waals surface area contributed by atoms with Crippen LogP contribution in [0.3, 0.4) is 0 Å². The molecule has 0 saturated heterocycles. The third kappa shape index (κ3) is 8.26. The molecule has 80 valence electrons. The zero-order valence-electron chi connectivity index (χ0n) is 9.69. The minimum Gasteiger partial charge on any atom is -0.317 e. The van der Waals surface area contributed by atoms with Crippen molar-refractivity contribution in [2.75, 3.05) is 19.6 Å². The van der Waals surface area contributed by atoms with Crippen molar-refractivity contribution in [2.45, 2.75) is 46.6 Å². The van der Waals surface area contributed by atoms with Crippen LogP contribution >= 0.6 is 0 Å². The molecule has 13 heavy (non-hydrogen) atoms. The number of hydrogen-bond donors (Lipinski definition) is 2. The van der Waals surface area contributed by atoms with Crippen LogP contribution in [-0.4, -0.2) is 25.7 Å². The van der Waals surface area contributed by atoms with Gasteiger partial charge in [0.1, 0.15) is 0 Å². The summed E-state index contributed by atoms with van der Waals surface area (Å²) in [5, 5.41) is 6.89. The number of nitrogens with one attached hydrogen (secondary N) is 2. The summed E-state index contributed by atoms with van der Waals surface area (Å²) in [6.45, 7) is 12.3. The van der Waals surface area contributed by atoms with Gasteiger partial charge in [-0.15, -0.1) is 0 Å². The molecule has 0 aliphatic carbocycles. The highest BCUT2D eigenvalue weighted by molar-refractivity contribution is 4.64. The van der Waals surface area contributed by atoms with Crippen LogP contribution in [0.4, 0.5) is 0 Å². The van der Waals surface area contributed by atoms with E-state index in [1.807, 2.05) is 0 Å². The molecule has 0 radical (unpaired) electrons. The smallest absolute Gasteiger partial charge is 0.00509 e. The van der Waals surface area contributed by atoms with Crippen molar-refractivity contribution in [3.8, 4) is 0 Å². The molecule has 2 N–H and O–H groups in total. The van der Waals surface area contributed by atoms with Crippen molar-refractivity contribution in [1.29, 1.82) is 0 Å². The van der Waals surface area contributed by atoms with Crippen LogP contribution in [0.5, 0.6) is 0 Å². The third-order valence-electron chi connectivity index (χ3n) is 2.52. The molecule has 2 nitrogen and oxygen atoms in total. The highest BCUT2D eigenvalue weighted by atomic mass is 14.9. The summed E-state index contributed by atoms with van der Waals surface area (Å²) in [7, 11) is 0. The minimum absolute atomic E-state index is 0.646. The first-order valence-electron chi connectivity index (χ1n) is 5.64. The van der Waals surface area contributed by atoms with Crippen molar-refractivity contribution in [3.63, 3.8) is 0 Å². The van der Waals surface area contributed by atoms with Gasteiger partial charge < -0.3 is 10.6 Å². The standard InChI is InChI=1S/C11H26N2/c1-5-10(3)9-13-11(4)7-8-12-6-2/h10-13H,5-9H2,1-4H3. The second-order valence-electron chi connectivity index (χ2n) is 3.96. The molecular formula is C11H26N2. The third-order valence-corrected chi connectivity index (χ3v) is 2.52. The van der Waals surface area contributed by atoms with Gasteiger partial charge in [0.05, 0.1) is 0 Å². The Morgan fingerprint density at radius 3 is 2.38 bits per heavy atom. The van der Waals surface area contributed by atoms with Crippen molar-refractivity contribution in [3.05, 3.63) is 0 Å². The fourth-order valence-electron chi connectivity index (χ4n) is 1.14. The van der Waals surface area contributed by atoms with Crippen LogP contribution in [0.15, 0.2) is 0 Å². The van der Waals surface area contributed by atoms with Gasteiger partial charge in [-0.1, -0.05) is 27.2 Å². The molecular weight excluding hydrogens is 160 g/mol. The first kappa shape index (κ1) is 12.9. The Bertz CT molecular complexity index is 104. The van der Waals surface area contributed by atoms with E-state index in [9.17, 15) is 0 Å². The van der Waals surface area contributed by atoms with E-state index in [4.69, 9.17) is 0 Å². The Hall–Kier alpha value is -0.0800. The lowest BCUT2D eigenvalue weighted by atomic mass is 10.1. The Labute approximate surface area is 83.5 Å². The maximum Gasteiger partial charge on any atom is 0.00509 e. The molecule has 0 aromatic heterocycles. The topological polar surface area (TPSA) is 24.1 Å². The molecule has 0 fully saturated rings. The van der Waals surface area contributed by atoms with E-state index in [0.717, 1.165) is 25.6 Å². The van der Waals surface area contributed by atoms with Crippen molar-refractivity contribution in [2.24, 2.45) is 5.92 Å². The Morgan fingerprint density at radius 1 is 1.15 bits per heavy atom. The first-order valence-corrected chi connectivity index (χ1v) is 5.64. The number of hydrogen-bond acceptors (Lipinski definition) is 2. The summed E-state index contributed by atoms with van der Waals surface area (Å²) in [4.78, 5) is 0. The van der Waals surface area contributed by atoms with Crippen molar-refractivity contribution >= 4 is 0 Å². The Kier molecular flexibility index (Phi) is 8.46. The van der Waals surface area contributed by atoms with Gasteiger partial charge in [-0.05, 0) is 38.9 Å². The van der Waals surface area contributed by atoms with Gasteiger partial charge in [0.15, 0.2) is 0 Å². The van der Waals surface area contributed by atoms with Gasteiger partial charge in [-0.3, -0.25) is 0 Å². The van der Waals surface area contributed by atoms with Crippen LogP contribution in [0.25, 0.3) is 0 Å². The van der Waals surface area contributed by atoms with Crippen LogP contribution in [0.1, 0.15) is 40.5 Å². The molecule has 0 spiro atoms. The summed E-state index contributed by atoms with van der Waals surface area (Å²) in [6, 6.07) is 0.646. The summed E-state index contributed by atoms with van der Waals surface area (Å²) >= 11 is 0. The summed E-state index contributed by atoms with van der Waals surface area (Å²) < 4.78 is 0. The molecule has 0 amide bonds. The Morgan fingerprint density at radius 2 is 1.85 bits per heavy atom. The highest BCUT2D eigenvalue weighted by Crippen LogP contribution is 1.99. The van der Waals surface area contributed by atoms with E-state index >= 15 is 0 Å². The van der Waals surface area contributed by atoms with E-state index < -0.39 is 0 Å². The predicted molar refractivity (Wildman–Crippen MR) is 60.1 cm³/mol. The van der Waals surface area contributed by atoms with E-state index in [-0.39, 0.29) is 0 Å². The van der Waals surface area contributed by atoms with Crippen LogP contribution in [0, 0.1) is 5.92 Å². The lowest BCUT2D eigenvalue weighted by Crippen LogP contribution is -2.32. The van der Waals surface area contributed by atoms with Crippen molar-refractivity contribution < 1.29 is 0 Å². The zero-order valence-corrected chi connectivity index (χ0v) is 9.69. The number of rotatable bonds is 8. The largest absolute Gasteiger partial charge is 0.317 e. The Balaban J connectivity index is 3.24. The maximum atomic E-state index is 3.55. The molecule has 0 heterocycles. The minimum atomic E-state index is 0.646. The molecule has 0 bridgehead atoms. The molecule has 2 heteroatoms. The fraction of sp³-hybridized carbons (Fsp3) is 1.00. The predicted octanol–water partition coefficient (Wildman–Crippen LogP) is 2.01. The van der Waals surface area contributed by atoms with Crippen LogP contribution < -0.4 is 10.6 Å². The van der Waals surface area contributed by atoms with Crippen LogP contribution in [-0.2, 0) is 0 Å². The lowest BCUT2D eigenvalue weighted by Gasteiger charge is -2.16. The van der Waals surface area contributed by atoms with E-state index in [1.54, 1.807) is 0 Å². The second-order valence-corrected chi connectivity index (χ2v) is 3.96. The van der Waals surface area contributed by atoms with Gasteiger partial charge in [0.25, 0.3) is 0 Å². The monoisotopic (exact) mass is 186 g/mol. The molecule has 0 aromatic carbocycles. The molecule has 0 aromatic rings.